The van der Waals surface area contributed by atoms with Gasteiger partial charge in [0.25, 0.3) is 0 Å². The van der Waals surface area contributed by atoms with Crippen LogP contribution in [0.5, 0.6) is 0 Å². The highest BCUT2D eigenvalue weighted by atomic mass is 35.5. The molecule has 0 bridgehead atoms. The zero-order chi connectivity index (χ0) is 13.7. The van der Waals surface area contributed by atoms with Crippen molar-refractivity contribution in [1.82, 2.24) is 5.32 Å². The molecule has 0 saturated carbocycles. The molecular formula is C15H19Cl2NO. The zero-order valence-corrected chi connectivity index (χ0v) is 12.6. The first-order chi connectivity index (χ1) is 9.22. The predicted octanol–water partition coefficient (Wildman–Crippen LogP) is 4.73. The van der Waals surface area contributed by atoms with Crippen molar-refractivity contribution in [3.63, 3.8) is 0 Å². The molecule has 4 heteroatoms. The molecule has 1 aliphatic rings. The summed E-state index contributed by atoms with van der Waals surface area (Å²) in [5.74, 6) is 0.962. The SMILES string of the molecule is CCCNC(C1=CCCCO1)c1cc(Cl)ccc1Cl. The zero-order valence-electron chi connectivity index (χ0n) is 11.1. The van der Waals surface area contributed by atoms with E-state index in [0.717, 1.165) is 43.7 Å². The molecule has 2 nitrogen and oxygen atoms in total. The number of benzene rings is 1. The minimum absolute atomic E-state index is 0.00792. The average molecular weight is 300 g/mol. The van der Waals surface area contributed by atoms with E-state index in [0.29, 0.717) is 10.0 Å². The lowest BCUT2D eigenvalue weighted by Crippen LogP contribution is -2.26. The molecule has 19 heavy (non-hydrogen) atoms. The molecule has 2 rings (SSSR count). The van der Waals surface area contributed by atoms with Crippen molar-refractivity contribution < 1.29 is 4.74 Å². The molecule has 104 valence electrons. The van der Waals surface area contributed by atoms with Gasteiger partial charge in [0, 0.05) is 10.0 Å². The van der Waals surface area contributed by atoms with Gasteiger partial charge in [-0.05, 0) is 55.6 Å². The second-order valence-electron chi connectivity index (χ2n) is 4.65. The lowest BCUT2D eigenvalue weighted by molar-refractivity contribution is 0.167. The Morgan fingerprint density at radius 2 is 2.21 bits per heavy atom. The van der Waals surface area contributed by atoms with Gasteiger partial charge in [0.2, 0.25) is 0 Å². The van der Waals surface area contributed by atoms with E-state index in [9.17, 15) is 0 Å². The Balaban J connectivity index is 2.30. The molecule has 0 aromatic heterocycles. The van der Waals surface area contributed by atoms with Crippen LogP contribution in [0.25, 0.3) is 0 Å². The summed E-state index contributed by atoms with van der Waals surface area (Å²) in [5.41, 5.74) is 0.982. The van der Waals surface area contributed by atoms with Gasteiger partial charge in [-0.3, -0.25) is 0 Å². The van der Waals surface area contributed by atoms with Crippen LogP contribution in [0.1, 0.15) is 37.8 Å². The van der Waals surface area contributed by atoms with Crippen LogP contribution < -0.4 is 5.32 Å². The number of rotatable bonds is 5. The lowest BCUT2D eigenvalue weighted by Gasteiger charge is -2.26. The summed E-state index contributed by atoms with van der Waals surface area (Å²) in [6, 6.07) is 5.55. The molecule has 1 heterocycles. The number of hydrogen-bond acceptors (Lipinski definition) is 2. The van der Waals surface area contributed by atoms with Crippen LogP contribution in [-0.2, 0) is 4.74 Å². The third-order valence-electron chi connectivity index (χ3n) is 3.11. The summed E-state index contributed by atoms with van der Waals surface area (Å²) >= 11 is 12.4. The first kappa shape index (κ1) is 14.7. The Morgan fingerprint density at radius 1 is 1.37 bits per heavy atom. The van der Waals surface area contributed by atoms with Crippen LogP contribution in [0.4, 0.5) is 0 Å². The summed E-state index contributed by atoms with van der Waals surface area (Å²) in [6.07, 6.45) is 5.33. The van der Waals surface area contributed by atoms with Crippen LogP contribution in [-0.4, -0.2) is 13.2 Å². The summed E-state index contributed by atoms with van der Waals surface area (Å²) in [7, 11) is 0. The molecular weight excluding hydrogens is 281 g/mol. The Kier molecular flexibility index (Phi) is 5.56. The fourth-order valence-electron chi connectivity index (χ4n) is 2.17. The highest BCUT2D eigenvalue weighted by molar-refractivity contribution is 6.33. The normalized spacial score (nSPS) is 16.7. The monoisotopic (exact) mass is 299 g/mol. The van der Waals surface area contributed by atoms with Crippen molar-refractivity contribution in [1.29, 1.82) is 0 Å². The second-order valence-corrected chi connectivity index (χ2v) is 5.49. The van der Waals surface area contributed by atoms with Gasteiger partial charge < -0.3 is 10.1 Å². The minimum atomic E-state index is -0.00792. The molecule has 1 aromatic rings. The van der Waals surface area contributed by atoms with E-state index in [-0.39, 0.29) is 6.04 Å². The van der Waals surface area contributed by atoms with Gasteiger partial charge in [-0.25, -0.2) is 0 Å². The van der Waals surface area contributed by atoms with Gasteiger partial charge in [-0.2, -0.15) is 0 Å². The standard InChI is InChI=1S/C15H19Cl2NO/c1-2-8-18-15(14-5-3-4-9-19-14)12-10-11(16)6-7-13(12)17/h5-7,10,15,18H,2-4,8-9H2,1H3. The van der Waals surface area contributed by atoms with E-state index in [1.54, 1.807) is 6.07 Å². The van der Waals surface area contributed by atoms with E-state index >= 15 is 0 Å². The molecule has 1 atom stereocenters. The van der Waals surface area contributed by atoms with E-state index in [1.807, 2.05) is 12.1 Å². The first-order valence-electron chi connectivity index (χ1n) is 6.73. The van der Waals surface area contributed by atoms with Crippen molar-refractivity contribution >= 4 is 23.2 Å². The van der Waals surface area contributed by atoms with Crippen molar-refractivity contribution in [3.05, 3.63) is 45.6 Å². The summed E-state index contributed by atoms with van der Waals surface area (Å²) in [5, 5.41) is 4.90. The maximum atomic E-state index is 6.31. The number of nitrogens with one attached hydrogen (secondary N) is 1. The Bertz CT molecular complexity index is 459. The van der Waals surface area contributed by atoms with Gasteiger partial charge in [0.15, 0.2) is 0 Å². The topological polar surface area (TPSA) is 21.3 Å². The number of allylic oxidation sites excluding steroid dienone is 1. The van der Waals surface area contributed by atoms with E-state index in [1.165, 1.54) is 0 Å². The van der Waals surface area contributed by atoms with Crippen LogP contribution in [0.15, 0.2) is 30.0 Å². The summed E-state index contributed by atoms with van der Waals surface area (Å²) in [6.45, 7) is 3.82. The van der Waals surface area contributed by atoms with Crippen LogP contribution in [0.2, 0.25) is 10.0 Å². The van der Waals surface area contributed by atoms with Crippen LogP contribution in [0.3, 0.4) is 0 Å². The Labute approximate surface area is 124 Å². The quantitative estimate of drug-likeness (QED) is 0.849. The first-order valence-corrected chi connectivity index (χ1v) is 7.49. The Morgan fingerprint density at radius 3 is 2.89 bits per heavy atom. The third-order valence-corrected chi connectivity index (χ3v) is 3.69. The third kappa shape index (κ3) is 3.88. The van der Waals surface area contributed by atoms with Crippen LogP contribution >= 0.6 is 23.2 Å². The van der Waals surface area contributed by atoms with Crippen molar-refractivity contribution in [2.24, 2.45) is 0 Å². The second kappa shape index (κ2) is 7.18. The summed E-state index contributed by atoms with van der Waals surface area (Å²) < 4.78 is 5.78. The van der Waals surface area contributed by atoms with Gasteiger partial charge >= 0.3 is 0 Å². The molecule has 1 aromatic carbocycles. The van der Waals surface area contributed by atoms with E-state index < -0.39 is 0 Å². The molecule has 0 radical (unpaired) electrons. The molecule has 0 amide bonds. The van der Waals surface area contributed by atoms with Crippen LogP contribution in [0, 0.1) is 0 Å². The van der Waals surface area contributed by atoms with Gasteiger partial charge in [0.05, 0.1) is 12.6 Å². The number of ether oxygens (including phenoxy) is 1. The van der Waals surface area contributed by atoms with Crippen molar-refractivity contribution in [2.75, 3.05) is 13.2 Å². The maximum absolute atomic E-state index is 6.31. The Hall–Kier alpha value is -0.700. The predicted molar refractivity (Wildman–Crippen MR) is 80.8 cm³/mol. The molecule has 0 spiro atoms. The fourth-order valence-corrected chi connectivity index (χ4v) is 2.57. The minimum Gasteiger partial charge on any atom is -0.496 e. The smallest absolute Gasteiger partial charge is 0.113 e. The number of hydrogen-bond donors (Lipinski definition) is 1. The van der Waals surface area contributed by atoms with Gasteiger partial charge in [0.1, 0.15) is 5.76 Å². The highest BCUT2D eigenvalue weighted by Crippen LogP contribution is 2.32. The van der Waals surface area contributed by atoms with E-state index in [4.69, 9.17) is 27.9 Å². The molecule has 0 saturated heterocycles. The highest BCUT2D eigenvalue weighted by Gasteiger charge is 2.21. The largest absolute Gasteiger partial charge is 0.496 e. The molecule has 1 aliphatic heterocycles. The molecule has 0 fully saturated rings. The summed E-state index contributed by atoms with van der Waals surface area (Å²) in [4.78, 5) is 0. The number of halogens is 2. The maximum Gasteiger partial charge on any atom is 0.113 e. The van der Waals surface area contributed by atoms with Crippen molar-refractivity contribution in [3.8, 4) is 0 Å². The fraction of sp³-hybridized carbons (Fsp3) is 0.467. The molecule has 0 aliphatic carbocycles. The molecule has 1 N–H and O–H groups in total. The average Bonchev–Trinajstić information content (AvgIpc) is 2.44. The van der Waals surface area contributed by atoms with Gasteiger partial charge in [-0.1, -0.05) is 30.1 Å². The van der Waals surface area contributed by atoms with Crippen molar-refractivity contribution in [2.45, 2.75) is 32.2 Å². The lowest BCUT2D eigenvalue weighted by atomic mass is 10.0. The molecule has 1 unspecified atom stereocenters. The van der Waals surface area contributed by atoms with Gasteiger partial charge in [-0.15, -0.1) is 0 Å². The van der Waals surface area contributed by atoms with E-state index in [2.05, 4.69) is 18.3 Å².